The predicted octanol–water partition coefficient (Wildman–Crippen LogP) is 3.69. The molecule has 0 unspecified atom stereocenters. The van der Waals surface area contributed by atoms with Crippen molar-refractivity contribution >= 4 is 33.4 Å². The van der Waals surface area contributed by atoms with Crippen molar-refractivity contribution in [2.75, 3.05) is 0 Å². The van der Waals surface area contributed by atoms with E-state index in [0.29, 0.717) is 6.07 Å². The molecule has 5 nitrogen and oxygen atoms in total. The van der Waals surface area contributed by atoms with Crippen LogP contribution in [-0.2, 0) is 17.5 Å². The first-order valence-electron chi connectivity index (χ1n) is 7.43. The maximum Gasteiger partial charge on any atom is 0.416 e. The molecular formula is C17H10F4N2O3S. The molecule has 10 heteroatoms. The number of aliphatic carboxylic acids is 1. The van der Waals surface area contributed by atoms with Gasteiger partial charge < -0.3 is 9.67 Å². The number of thiazole rings is 1. The minimum Gasteiger partial charge on any atom is -0.480 e. The van der Waals surface area contributed by atoms with Gasteiger partial charge in [0.15, 0.2) is 4.80 Å². The van der Waals surface area contributed by atoms with Crippen LogP contribution in [0, 0.1) is 5.82 Å². The van der Waals surface area contributed by atoms with E-state index >= 15 is 0 Å². The molecule has 0 spiro atoms. The summed E-state index contributed by atoms with van der Waals surface area (Å²) in [6, 6.07) is 7.71. The molecule has 0 aliphatic carbocycles. The van der Waals surface area contributed by atoms with Gasteiger partial charge in [-0.15, -0.1) is 0 Å². The van der Waals surface area contributed by atoms with E-state index < -0.39 is 36.0 Å². The highest BCUT2D eigenvalue weighted by atomic mass is 32.1. The zero-order valence-electron chi connectivity index (χ0n) is 13.3. The fourth-order valence-electron chi connectivity index (χ4n) is 2.41. The third-order valence-corrected chi connectivity index (χ3v) is 4.69. The number of carbonyl (C=O) groups excluding carboxylic acids is 1. The maximum atomic E-state index is 14.0. The van der Waals surface area contributed by atoms with Gasteiger partial charge in [-0.2, -0.15) is 18.2 Å². The molecule has 140 valence electrons. The van der Waals surface area contributed by atoms with Crippen LogP contribution >= 0.6 is 11.3 Å². The van der Waals surface area contributed by atoms with Crippen molar-refractivity contribution in [2.45, 2.75) is 12.7 Å². The van der Waals surface area contributed by atoms with Crippen molar-refractivity contribution in [1.82, 2.24) is 4.57 Å². The number of rotatable bonds is 3. The van der Waals surface area contributed by atoms with Crippen molar-refractivity contribution in [2.24, 2.45) is 4.99 Å². The number of hydrogen-bond acceptors (Lipinski definition) is 3. The van der Waals surface area contributed by atoms with Gasteiger partial charge >= 0.3 is 12.1 Å². The van der Waals surface area contributed by atoms with Crippen LogP contribution < -0.4 is 4.80 Å². The predicted molar refractivity (Wildman–Crippen MR) is 88.7 cm³/mol. The number of benzene rings is 2. The molecule has 0 aliphatic rings. The summed E-state index contributed by atoms with van der Waals surface area (Å²) in [6.45, 7) is -0.585. The Morgan fingerprint density at radius 3 is 2.52 bits per heavy atom. The zero-order chi connectivity index (χ0) is 19.8. The number of carboxylic acids is 1. The van der Waals surface area contributed by atoms with Gasteiger partial charge in [0, 0.05) is 5.56 Å². The van der Waals surface area contributed by atoms with E-state index in [2.05, 4.69) is 4.99 Å². The van der Waals surface area contributed by atoms with Crippen LogP contribution in [0.25, 0.3) is 10.2 Å². The maximum absolute atomic E-state index is 14.0. The molecule has 0 fully saturated rings. The summed E-state index contributed by atoms with van der Waals surface area (Å²) in [5, 5.41) is 9.05. The number of alkyl halides is 3. The summed E-state index contributed by atoms with van der Waals surface area (Å²) in [7, 11) is 0. The molecule has 27 heavy (non-hydrogen) atoms. The number of carboxylic acid groups (broad SMARTS) is 1. The summed E-state index contributed by atoms with van der Waals surface area (Å²) in [5.74, 6) is -2.86. The molecular weight excluding hydrogens is 388 g/mol. The van der Waals surface area contributed by atoms with Crippen molar-refractivity contribution in [1.29, 1.82) is 0 Å². The van der Waals surface area contributed by atoms with Crippen molar-refractivity contribution in [3.05, 3.63) is 64.2 Å². The first kappa shape index (κ1) is 18.8. The lowest BCUT2D eigenvalue weighted by Crippen LogP contribution is -2.21. The molecule has 0 radical (unpaired) electrons. The minimum atomic E-state index is -4.62. The average Bonchev–Trinajstić information content (AvgIpc) is 2.93. The summed E-state index contributed by atoms with van der Waals surface area (Å²) in [4.78, 5) is 27.0. The highest BCUT2D eigenvalue weighted by Gasteiger charge is 2.30. The molecule has 2 aromatic carbocycles. The first-order valence-corrected chi connectivity index (χ1v) is 8.24. The summed E-state index contributed by atoms with van der Waals surface area (Å²) in [6.07, 6.45) is -4.62. The van der Waals surface area contributed by atoms with Crippen LogP contribution in [0.3, 0.4) is 0 Å². The average molecular weight is 398 g/mol. The Balaban J connectivity index is 2.14. The molecule has 0 bridgehead atoms. The van der Waals surface area contributed by atoms with E-state index in [1.54, 1.807) is 0 Å². The number of nitrogens with zero attached hydrogens (tertiary/aromatic N) is 2. The molecule has 3 rings (SSSR count). The highest BCUT2D eigenvalue weighted by Crippen LogP contribution is 2.29. The van der Waals surface area contributed by atoms with E-state index in [1.807, 2.05) is 0 Å². The summed E-state index contributed by atoms with van der Waals surface area (Å²) >= 11 is 0.740. The number of fused-ring (bicyclic) bond motifs is 1. The lowest BCUT2D eigenvalue weighted by Gasteiger charge is -2.06. The molecule has 0 aliphatic heterocycles. The zero-order valence-corrected chi connectivity index (χ0v) is 14.1. The van der Waals surface area contributed by atoms with Crippen molar-refractivity contribution < 1.29 is 32.3 Å². The number of amides is 1. The largest absolute Gasteiger partial charge is 0.480 e. The molecule has 1 N–H and O–H groups in total. The Labute approximate surface area is 152 Å². The minimum absolute atomic E-state index is 0.0920. The van der Waals surface area contributed by atoms with E-state index in [-0.39, 0.29) is 20.6 Å². The van der Waals surface area contributed by atoms with Gasteiger partial charge in [0.1, 0.15) is 12.4 Å². The fraction of sp³-hybridized carbons (Fsp3) is 0.118. The van der Waals surface area contributed by atoms with Crippen LogP contribution in [0.1, 0.15) is 15.9 Å². The lowest BCUT2D eigenvalue weighted by molar-refractivity contribution is -0.138. The van der Waals surface area contributed by atoms with Crippen LogP contribution in [0.5, 0.6) is 0 Å². The van der Waals surface area contributed by atoms with Crippen LogP contribution in [0.15, 0.2) is 47.5 Å². The van der Waals surface area contributed by atoms with Crippen molar-refractivity contribution in [3.63, 3.8) is 0 Å². The quantitative estimate of drug-likeness (QED) is 0.684. The Hall–Kier alpha value is -3.01. The summed E-state index contributed by atoms with van der Waals surface area (Å²) < 4.78 is 53.6. The molecule has 0 saturated carbocycles. The Bertz CT molecular complexity index is 1120. The monoisotopic (exact) mass is 398 g/mol. The third-order valence-electron chi connectivity index (χ3n) is 3.59. The SMILES string of the molecule is O=C(O)Cn1c(=NC(=O)c2cccc(C(F)(F)F)c2)sc2c(F)cccc21. The topological polar surface area (TPSA) is 71.7 Å². The van der Waals surface area contributed by atoms with E-state index in [9.17, 15) is 27.2 Å². The second-order valence-electron chi connectivity index (χ2n) is 5.45. The summed E-state index contributed by atoms with van der Waals surface area (Å²) in [5.41, 5.74) is -1.10. The fourth-order valence-corrected chi connectivity index (χ4v) is 3.44. The van der Waals surface area contributed by atoms with Crippen LogP contribution in [-0.4, -0.2) is 21.6 Å². The lowest BCUT2D eigenvalue weighted by atomic mass is 10.1. The van der Waals surface area contributed by atoms with E-state index in [4.69, 9.17) is 5.11 Å². The smallest absolute Gasteiger partial charge is 0.416 e. The molecule has 1 amide bonds. The number of carbonyl (C=O) groups is 2. The normalized spacial score (nSPS) is 12.5. The Kier molecular flexibility index (Phi) is 4.83. The second-order valence-corrected chi connectivity index (χ2v) is 6.43. The van der Waals surface area contributed by atoms with Gasteiger partial charge in [0.2, 0.25) is 0 Å². The van der Waals surface area contributed by atoms with Gasteiger partial charge in [-0.05, 0) is 30.3 Å². The molecule has 1 heterocycles. The van der Waals surface area contributed by atoms with Gasteiger partial charge in [-0.1, -0.05) is 23.5 Å². The number of halogens is 4. The van der Waals surface area contributed by atoms with Gasteiger partial charge in [-0.25, -0.2) is 4.39 Å². The molecule has 1 aromatic heterocycles. The Morgan fingerprint density at radius 1 is 1.15 bits per heavy atom. The van der Waals surface area contributed by atoms with Crippen LogP contribution in [0.2, 0.25) is 0 Å². The number of aromatic nitrogens is 1. The standard InChI is InChI=1S/C17H10F4N2O3S/c18-11-5-2-6-12-14(11)27-16(23(12)8-13(24)25)22-15(26)9-3-1-4-10(7-9)17(19,20)21/h1-7H,8H2,(H,24,25). The second kappa shape index (κ2) is 6.95. The van der Waals surface area contributed by atoms with E-state index in [1.165, 1.54) is 18.2 Å². The number of hydrogen-bond donors (Lipinski definition) is 1. The molecule has 0 atom stereocenters. The first-order chi connectivity index (χ1) is 12.7. The van der Waals surface area contributed by atoms with Crippen molar-refractivity contribution in [3.8, 4) is 0 Å². The highest BCUT2D eigenvalue weighted by molar-refractivity contribution is 7.16. The molecule has 3 aromatic rings. The van der Waals surface area contributed by atoms with E-state index in [0.717, 1.165) is 34.1 Å². The third kappa shape index (κ3) is 3.90. The Morgan fingerprint density at radius 2 is 1.85 bits per heavy atom. The van der Waals surface area contributed by atoms with Gasteiger partial charge in [-0.3, -0.25) is 9.59 Å². The van der Waals surface area contributed by atoms with Crippen LogP contribution in [0.4, 0.5) is 17.6 Å². The molecule has 0 saturated heterocycles. The van der Waals surface area contributed by atoms with Gasteiger partial charge in [0.25, 0.3) is 5.91 Å². The van der Waals surface area contributed by atoms with Gasteiger partial charge in [0.05, 0.1) is 15.8 Å².